The molecule has 0 aromatic carbocycles. The number of carbonyl (C=O) groups excluding carboxylic acids is 3. The second kappa shape index (κ2) is 8.93. The van der Waals surface area contributed by atoms with Crippen molar-refractivity contribution in [1.82, 2.24) is 15.5 Å². The molecule has 0 aromatic rings. The van der Waals surface area contributed by atoms with Crippen LogP contribution < -0.4 is 10.6 Å². The summed E-state index contributed by atoms with van der Waals surface area (Å²) in [6.07, 6.45) is 4.69. The molecule has 0 radical (unpaired) electrons. The van der Waals surface area contributed by atoms with Crippen LogP contribution in [0.2, 0.25) is 0 Å². The van der Waals surface area contributed by atoms with E-state index >= 15 is 0 Å². The summed E-state index contributed by atoms with van der Waals surface area (Å²) in [5.41, 5.74) is -0.402. The van der Waals surface area contributed by atoms with Crippen LogP contribution in [0.3, 0.4) is 0 Å². The summed E-state index contributed by atoms with van der Waals surface area (Å²) in [7, 11) is 0. The molecule has 3 N–H and O–H groups in total. The van der Waals surface area contributed by atoms with Gasteiger partial charge in [0.25, 0.3) is 0 Å². The normalized spacial score (nSPS) is 34.2. The number of aliphatic hydroxyl groups is 1. The number of hydrogen-bond donors (Lipinski definition) is 3. The first-order valence-electron chi connectivity index (χ1n) is 11.7. The average Bonchev–Trinajstić information content (AvgIpc) is 3.23. The fourth-order valence-electron chi connectivity index (χ4n) is 5.73. The molecule has 2 unspecified atom stereocenters. The zero-order chi connectivity index (χ0) is 23.0. The van der Waals surface area contributed by atoms with Crippen molar-refractivity contribution >= 4 is 29.5 Å². The summed E-state index contributed by atoms with van der Waals surface area (Å²) in [5, 5.41) is 15.2. The van der Waals surface area contributed by atoms with E-state index in [0.717, 1.165) is 32.1 Å². The zero-order valence-electron chi connectivity index (χ0n) is 19.6. The number of nitrogens with one attached hydrogen (secondary N) is 2. The van der Waals surface area contributed by atoms with Gasteiger partial charge in [0.1, 0.15) is 6.04 Å². The number of thioether (sulfide) groups is 1. The number of fused-ring (bicyclic) bond motifs is 1. The number of rotatable bonds is 9. The van der Waals surface area contributed by atoms with Gasteiger partial charge >= 0.3 is 0 Å². The minimum Gasteiger partial charge on any atom is -0.396 e. The minimum atomic E-state index is -0.561. The molecule has 8 heteroatoms. The van der Waals surface area contributed by atoms with Crippen LogP contribution in [0, 0.1) is 11.8 Å². The molecule has 5 atom stereocenters. The van der Waals surface area contributed by atoms with Crippen molar-refractivity contribution in [2.45, 2.75) is 94.2 Å². The number of aliphatic hydroxyl groups excluding tert-OH is 1. The first-order chi connectivity index (χ1) is 14.5. The molecule has 0 aromatic heterocycles. The highest BCUT2D eigenvalue weighted by atomic mass is 32.2. The fraction of sp³-hybridized carbons (Fsp3) is 0.870. The van der Waals surface area contributed by atoms with E-state index in [4.69, 9.17) is 5.11 Å². The Morgan fingerprint density at radius 2 is 1.90 bits per heavy atom. The van der Waals surface area contributed by atoms with E-state index in [-0.39, 0.29) is 29.1 Å². The zero-order valence-corrected chi connectivity index (χ0v) is 20.4. The van der Waals surface area contributed by atoms with Crippen LogP contribution in [0.15, 0.2) is 0 Å². The van der Waals surface area contributed by atoms with Gasteiger partial charge in [-0.05, 0) is 66.2 Å². The Hall–Kier alpha value is -1.28. The second-order valence-corrected chi connectivity index (χ2v) is 12.5. The highest BCUT2D eigenvalue weighted by molar-refractivity contribution is 8.02. The van der Waals surface area contributed by atoms with Crippen LogP contribution >= 0.6 is 11.8 Å². The van der Waals surface area contributed by atoms with E-state index in [1.165, 1.54) is 0 Å². The van der Waals surface area contributed by atoms with Gasteiger partial charge in [0, 0.05) is 30.0 Å². The first-order valence-corrected chi connectivity index (χ1v) is 12.5. The molecular formula is C23H39N3O4S. The van der Waals surface area contributed by atoms with Gasteiger partial charge in [0.15, 0.2) is 0 Å². The Morgan fingerprint density at radius 3 is 2.52 bits per heavy atom. The lowest BCUT2D eigenvalue weighted by Gasteiger charge is -2.36. The Kier molecular flexibility index (Phi) is 7.02. The number of unbranched alkanes of at least 4 members (excludes halogenated alkanes) is 2. The maximum absolute atomic E-state index is 13.7. The van der Waals surface area contributed by atoms with Crippen molar-refractivity contribution in [3.63, 3.8) is 0 Å². The lowest BCUT2D eigenvalue weighted by molar-refractivity contribution is -0.141. The Labute approximate surface area is 190 Å². The summed E-state index contributed by atoms with van der Waals surface area (Å²) in [6.45, 7) is 11.2. The molecular weight excluding hydrogens is 414 g/mol. The largest absolute Gasteiger partial charge is 0.396 e. The molecule has 7 nitrogen and oxygen atoms in total. The van der Waals surface area contributed by atoms with Crippen molar-refractivity contribution in [1.29, 1.82) is 0 Å². The third-order valence-corrected chi connectivity index (χ3v) is 8.90. The van der Waals surface area contributed by atoms with Crippen LogP contribution in [0.1, 0.15) is 73.1 Å². The van der Waals surface area contributed by atoms with Crippen LogP contribution in [0.4, 0.5) is 0 Å². The molecule has 3 heterocycles. The summed E-state index contributed by atoms with van der Waals surface area (Å²) in [4.78, 5) is 42.2. The molecule has 3 amide bonds. The molecule has 2 bridgehead atoms. The van der Waals surface area contributed by atoms with Gasteiger partial charge in [-0.25, -0.2) is 0 Å². The molecule has 3 aliphatic heterocycles. The highest BCUT2D eigenvalue weighted by Gasteiger charge is 2.77. The lowest BCUT2D eigenvalue weighted by atomic mass is 9.66. The molecule has 3 aliphatic rings. The molecule has 31 heavy (non-hydrogen) atoms. The summed E-state index contributed by atoms with van der Waals surface area (Å²) >= 11 is 1.71. The van der Waals surface area contributed by atoms with Gasteiger partial charge in [0.05, 0.1) is 16.6 Å². The van der Waals surface area contributed by atoms with Crippen molar-refractivity contribution < 1.29 is 19.5 Å². The smallest absolute Gasteiger partial charge is 0.244 e. The number of hydrogen-bond acceptors (Lipinski definition) is 5. The van der Waals surface area contributed by atoms with Crippen molar-refractivity contribution in [3.05, 3.63) is 0 Å². The van der Waals surface area contributed by atoms with Gasteiger partial charge in [-0.1, -0.05) is 6.92 Å². The summed E-state index contributed by atoms with van der Waals surface area (Å²) in [6, 6.07) is -0.561. The second-order valence-electron chi connectivity index (χ2n) is 10.6. The van der Waals surface area contributed by atoms with Crippen molar-refractivity contribution in [2.24, 2.45) is 11.8 Å². The Bertz CT molecular complexity index is 724. The number of likely N-dealkylation sites (tertiary alicyclic amines) is 1. The van der Waals surface area contributed by atoms with E-state index in [9.17, 15) is 14.4 Å². The van der Waals surface area contributed by atoms with Crippen LogP contribution in [0.25, 0.3) is 0 Å². The van der Waals surface area contributed by atoms with Crippen LogP contribution in [-0.2, 0) is 14.4 Å². The number of amides is 3. The van der Waals surface area contributed by atoms with Gasteiger partial charge < -0.3 is 20.6 Å². The standard InChI is InChI=1S/C23H39N3O4S/c1-6-12-24-18(28)15-16-20(30)26(13-8-7-9-14-27)17(19(29)25-21(2,3)4)23(16)11-10-22(15,5)31-23/h15-17,27H,6-14H2,1-5H3,(H,24,28)(H,25,29)/t15-,16+,17?,22+,23?/m1/s1. The third-order valence-electron chi connectivity index (χ3n) is 6.91. The van der Waals surface area contributed by atoms with Crippen LogP contribution in [-0.4, -0.2) is 68.5 Å². The molecule has 0 aliphatic carbocycles. The van der Waals surface area contributed by atoms with Crippen molar-refractivity contribution in [3.8, 4) is 0 Å². The predicted molar refractivity (Wildman–Crippen MR) is 123 cm³/mol. The van der Waals surface area contributed by atoms with E-state index in [2.05, 4.69) is 17.6 Å². The molecule has 1 spiro atoms. The fourth-order valence-corrected chi connectivity index (χ4v) is 8.09. The van der Waals surface area contributed by atoms with Crippen LogP contribution in [0.5, 0.6) is 0 Å². The third kappa shape index (κ3) is 4.34. The van der Waals surface area contributed by atoms with E-state index in [1.807, 2.05) is 27.7 Å². The topological polar surface area (TPSA) is 98.7 Å². The van der Waals surface area contributed by atoms with E-state index in [1.54, 1.807) is 16.7 Å². The number of nitrogens with zero attached hydrogens (tertiary/aromatic N) is 1. The molecule has 3 fully saturated rings. The molecule has 0 saturated carbocycles. The van der Waals surface area contributed by atoms with Gasteiger partial charge in [-0.3, -0.25) is 14.4 Å². The molecule has 176 valence electrons. The van der Waals surface area contributed by atoms with Gasteiger partial charge in [-0.15, -0.1) is 11.8 Å². The maximum Gasteiger partial charge on any atom is 0.244 e. The molecule has 3 rings (SSSR count). The minimum absolute atomic E-state index is 0.0473. The Balaban J connectivity index is 1.95. The quantitative estimate of drug-likeness (QED) is 0.464. The maximum atomic E-state index is 13.7. The number of carbonyl (C=O) groups is 3. The van der Waals surface area contributed by atoms with Crippen molar-refractivity contribution in [2.75, 3.05) is 19.7 Å². The Morgan fingerprint density at radius 1 is 1.19 bits per heavy atom. The monoisotopic (exact) mass is 453 g/mol. The molecule has 3 saturated heterocycles. The van der Waals surface area contributed by atoms with Gasteiger partial charge in [0.2, 0.25) is 17.7 Å². The highest BCUT2D eigenvalue weighted by Crippen LogP contribution is 2.71. The van der Waals surface area contributed by atoms with E-state index in [0.29, 0.717) is 19.5 Å². The lowest BCUT2D eigenvalue weighted by Crippen LogP contribution is -2.57. The van der Waals surface area contributed by atoms with Gasteiger partial charge in [-0.2, -0.15) is 0 Å². The van der Waals surface area contributed by atoms with E-state index < -0.39 is 28.2 Å². The summed E-state index contributed by atoms with van der Waals surface area (Å²) in [5.74, 6) is -1.07. The average molecular weight is 454 g/mol. The SMILES string of the molecule is CCCNC(=O)[C@H]1[C@H]2C(=O)N(CCCCCO)C(C(=O)NC(C)(C)C)C23CC[C@]1(C)S3. The first kappa shape index (κ1) is 24.4. The summed E-state index contributed by atoms with van der Waals surface area (Å²) < 4.78 is -0.867. The predicted octanol–water partition coefficient (Wildman–Crippen LogP) is 2.07.